The van der Waals surface area contributed by atoms with E-state index in [2.05, 4.69) is 20.2 Å². The van der Waals surface area contributed by atoms with E-state index in [1.165, 1.54) is 0 Å². The number of amides is 1. The number of hydrogen-bond donors (Lipinski definition) is 1. The standard InChI is InChI=1S/C12H18N4O/c1-3-13-12(17)10-11(14-8-9(2)15-10)16-6-4-5-7-16/h8H,3-7H2,1-2H3,(H,13,17). The van der Waals surface area contributed by atoms with E-state index in [9.17, 15) is 4.79 Å². The molecular weight excluding hydrogens is 216 g/mol. The highest BCUT2D eigenvalue weighted by Gasteiger charge is 2.21. The molecule has 0 radical (unpaired) electrons. The second-order valence-electron chi connectivity index (χ2n) is 4.24. The van der Waals surface area contributed by atoms with Crippen molar-refractivity contribution in [2.45, 2.75) is 26.7 Å². The van der Waals surface area contributed by atoms with Gasteiger partial charge in [-0.2, -0.15) is 0 Å². The Labute approximate surface area is 101 Å². The van der Waals surface area contributed by atoms with Crippen LogP contribution in [0.3, 0.4) is 0 Å². The Balaban J connectivity index is 2.33. The third-order valence-corrected chi connectivity index (χ3v) is 2.83. The van der Waals surface area contributed by atoms with Gasteiger partial charge in [0.15, 0.2) is 11.5 Å². The Morgan fingerprint density at radius 2 is 2.18 bits per heavy atom. The van der Waals surface area contributed by atoms with Crippen LogP contribution in [-0.4, -0.2) is 35.5 Å². The van der Waals surface area contributed by atoms with E-state index < -0.39 is 0 Å². The van der Waals surface area contributed by atoms with E-state index in [4.69, 9.17) is 0 Å². The van der Waals surface area contributed by atoms with Crippen molar-refractivity contribution in [3.8, 4) is 0 Å². The van der Waals surface area contributed by atoms with Crippen molar-refractivity contribution in [3.05, 3.63) is 17.6 Å². The van der Waals surface area contributed by atoms with Crippen LogP contribution in [0.1, 0.15) is 35.9 Å². The average molecular weight is 234 g/mol. The quantitative estimate of drug-likeness (QED) is 0.852. The second-order valence-corrected chi connectivity index (χ2v) is 4.24. The van der Waals surface area contributed by atoms with Gasteiger partial charge in [0.1, 0.15) is 0 Å². The van der Waals surface area contributed by atoms with Crippen molar-refractivity contribution in [3.63, 3.8) is 0 Å². The van der Waals surface area contributed by atoms with E-state index in [0.717, 1.165) is 37.4 Å². The van der Waals surface area contributed by atoms with E-state index in [1.807, 2.05) is 13.8 Å². The Bertz CT molecular complexity index is 413. The SMILES string of the molecule is CCNC(=O)c1nc(C)cnc1N1CCCC1. The molecule has 0 unspecified atom stereocenters. The fraction of sp³-hybridized carbons (Fsp3) is 0.583. The molecule has 1 fully saturated rings. The predicted molar refractivity (Wildman–Crippen MR) is 66.2 cm³/mol. The van der Waals surface area contributed by atoms with E-state index in [0.29, 0.717) is 12.2 Å². The van der Waals surface area contributed by atoms with Crippen LogP contribution in [-0.2, 0) is 0 Å². The van der Waals surface area contributed by atoms with Gasteiger partial charge in [-0.1, -0.05) is 0 Å². The van der Waals surface area contributed by atoms with Gasteiger partial charge in [0.25, 0.3) is 5.91 Å². The molecule has 17 heavy (non-hydrogen) atoms. The van der Waals surface area contributed by atoms with Crippen LogP contribution in [0.15, 0.2) is 6.20 Å². The summed E-state index contributed by atoms with van der Waals surface area (Å²) in [4.78, 5) is 22.8. The van der Waals surface area contributed by atoms with Crippen LogP contribution in [0.4, 0.5) is 5.82 Å². The minimum Gasteiger partial charge on any atom is -0.355 e. The maximum Gasteiger partial charge on any atom is 0.273 e. The van der Waals surface area contributed by atoms with Crippen molar-refractivity contribution in [1.82, 2.24) is 15.3 Å². The maximum atomic E-state index is 11.9. The normalized spacial score (nSPS) is 15.1. The zero-order chi connectivity index (χ0) is 12.3. The molecule has 0 spiro atoms. The number of hydrogen-bond acceptors (Lipinski definition) is 4. The van der Waals surface area contributed by atoms with Crippen molar-refractivity contribution in [2.24, 2.45) is 0 Å². The van der Waals surface area contributed by atoms with Gasteiger partial charge in [-0.3, -0.25) is 4.79 Å². The number of nitrogens with one attached hydrogen (secondary N) is 1. The molecule has 0 atom stereocenters. The summed E-state index contributed by atoms with van der Waals surface area (Å²) in [6.07, 6.45) is 4.03. The first-order valence-electron chi connectivity index (χ1n) is 6.09. The van der Waals surface area contributed by atoms with Crippen molar-refractivity contribution in [2.75, 3.05) is 24.5 Å². The van der Waals surface area contributed by atoms with Crippen LogP contribution in [0.25, 0.3) is 0 Å². The minimum atomic E-state index is -0.134. The molecule has 2 rings (SSSR count). The maximum absolute atomic E-state index is 11.9. The van der Waals surface area contributed by atoms with Gasteiger partial charge in [-0.25, -0.2) is 9.97 Å². The molecule has 0 aromatic carbocycles. The average Bonchev–Trinajstić information content (AvgIpc) is 2.82. The van der Waals surface area contributed by atoms with E-state index >= 15 is 0 Å². The summed E-state index contributed by atoms with van der Waals surface area (Å²) in [6.45, 7) is 6.28. The molecule has 1 aromatic rings. The monoisotopic (exact) mass is 234 g/mol. The smallest absolute Gasteiger partial charge is 0.273 e. The first-order valence-corrected chi connectivity index (χ1v) is 6.09. The molecule has 1 amide bonds. The summed E-state index contributed by atoms with van der Waals surface area (Å²) < 4.78 is 0. The number of carbonyl (C=O) groups excluding carboxylic acids is 1. The summed E-state index contributed by atoms with van der Waals surface area (Å²) in [5.41, 5.74) is 1.22. The fourth-order valence-corrected chi connectivity index (χ4v) is 2.03. The minimum absolute atomic E-state index is 0.134. The number of aryl methyl sites for hydroxylation is 1. The Hall–Kier alpha value is -1.65. The third-order valence-electron chi connectivity index (χ3n) is 2.83. The fourth-order valence-electron chi connectivity index (χ4n) is 2.03. The lowest BCUT2D eigenvalue weighted by molar-refractivity contribution is 0.0951. The highest BCUT2D eigenvalue weighted by molar-refractivity contribution is 5.96. The number of rotatable bonds is 3. The molecule has 1 aliphatic heterocycles. The van der Waals surface area contributed by atoms with Crippen LogP contribution < -0.4 is 10.2 Å². The second kappa shape index (κ2) is 5.12. The third kappa shape index (κ3) is 2.54. The van der Waals surface area contributed by atoms with Gasteiger partial charge in [0, 0.05) is 19.6 Å². The molecule has 92 valence electrons. The van der Waals surface area contributed by atoms with E-state index in [-0.39, 0.29) is 5.91 Å². The van der Waals surface area contributed by atoms with Crippen LogP contribution in [0.2, 0.25) is 0 Å². The molecule has 5 nitrogen and oxygen atoms in total. The largest absolute Gasteiger partial charge is 0.355 e. The van der Waals surface area contributed by atoms with Crippen molar-refractivity contribution < 1.29 is 4.79 Å². The summed E-state index contributed by atoms with van der Waals surface area (Å²) >= 11 is 0. The Morgan fingerprint density at radius 1 is 1.47 bits per heavy atom. The van der Waals surface area contributed by atoms with Gasteiger partial charge in [-0.05, 0) is 26.7 Å². The first-order chi connectivity index (χ1) is 8.22. The molecule has 1 aromatic heterocycles. The summed E-state index contributed by atoms with van der Waals surface area (Å²) in [7, 11) is 0. The molecular formula is C12H18N4O. The number of nitrogens with zero attached hydrogens (tertiary/aromatic N) is 3. The molecule has 0 aliphatic carbocycles. The predicted octanol–water partition coefficient (Wildman–Crippen LogP) is 1.13. The van der Waals surface area contributed by atoms with Gasteiger partial charge in [0.05, 0.1) is 11.9 Å². The van der Waals surface area contributed by atoms with Crippen LogP contribution in [0.5, 0.6) is 0 Å². The Kier molecular flexibility index (Phi) is 3.56. The topological polar surface area (TPSA) is 58.1 Å². The molecule has 1 saturated heterocycles. The number of aromatic nitrogens is 2. The summed E-state index contributed by atoms with van der Waals surface area (Å²) in [5, 5.41) is 2.78. The van der Waals surface area contributed by atoms with E-state index in [1.54, 1.807) is 6.20 Å². The number of anilines is 1. The van der Waals surface area contributed by atoms with Gasteiger partial charge in [0.2, 0.25) is 0 Å². The molecule has 0 saturated carbocycles. The van der Waals surface area contributed by atoms with Gasteiger partial charge >= 0.3 is 0 Å². The summed E-state index contributed by atoms with van der Waals surface area (Å²) in [5.74, 6) is 0.588. The zero-order valence-corrected chi connectivity index (χ0v) is 10.4. The summed E-state index contributed by atoms with van der Waals surface area (Å²) in [6, 6.07) is 0. The molecule has 1 aliphatic rings. The zero-order valence-electron chi connectivity index (χ0n) is 10.4. The van der Waals surface area contributed by atoms with Crippen LogP contribution in [0, 0.1) is 6.92 Å². The molecule has 5 heteroatoms. The highest BCUT2D eigenvalue weighted by Crippen LogP contribution is 2.20. The molecule has 2 heterocycles. The lowest BCUT2D eigenvalue weighted by Crippen LogP contribution is -2.29. The highest BCUT2D eigenvalue weighted by atomic mass is 16.1. The van der Waals surface area contributed by atoms with Gasteiger partial charge in [-0.15, -0.1) is 0 Å². The van der Waals surface area contributed by atoms with Crippen LogP contribution >= 0.6 is 0 Å². The molecule has 0 bridgehead atoms. The van der Waals surface area contributed by atoms with Crippen molar-refractivity contribution >= 4 is 11.7 Å². The van der Waals surface area contributed by atoms with Crippen molar-refractivity contribution in [1.29, 1.82) is 0 Å². The Morgan fingerprint density at radius 3 is 2.82 bits per heavy atom. The first kappa shape index (κ1) is 11.8. The number of carbonyl (C=O) groups is 1. The molecule has 1 N–H and O–H groups in total. The lowest BCUT2D eigenvalue weighted by atomic mass is 10.3. The lowest BCUT2D eigenvalue weighted by Gasteiger charge is -2.18. The van der Waals surface area contributed by atoms with Gasteiger partial charge < -0.3 is 10.2 Å².